The Bertz CT molecular complexity index is 461. The van der Waals surface area contributed by atoms with Gasteiger partial charge in [-0.15, -0.1) is 0 Å². The quantitative estimate of drug-likeness (QED) is 0.219. The Kier molecular flexibility index (Phi) is 14.4. The molecule has 2 atom stereocenters. The van der Waals surface area contributed by atoms with Crippen LogP contribution in [0.2, 0.25) is 0 Å². The lowest BCUT2D eigenvalue weighted by Crippen LogP contribution is -2.55. The lowest BCUT2D eigenvalue weighted by molar-refractivity contribution is -0.875. The summed E-state index contributed by atoms with van der Waals surface area (Å²) in [6.45, 7) is 2.23. The summed E-state index contributed by atoms with van der Waals surface area (Å²) in [5.74, 6) is -1.79. The van der Waals surface area contributed by atoms with E-state index < -0.39 is 29.9 Å². The number of hydrogen-bond donors (Lipinski definition) is 3. The summed E-state index contributed by atoms with van der Waals surface area (Å²) < 4.78 is 0.268. The van der Waals surface area contributed by atoms with Crippen LogP contribution in [0, 0.1) is 0 Å². The molecule has 0 amide bonds. The molecule has 0 aliphatic rings. The van der Waals surface area contributed by atoms with E-state index in [0.29, 0.717) is 6.42 Å². The van der Waals surface area contributed by atoms with Crippen LogP contribution in [0.4, 0.5) is 0 Å². The number of aliphatic carboxylic acids is 1. The Morgan fingerprint density at radius 1 is 0.862 bits per heavy atom. The first-order valence-electron chi connectivity index (χ1n) is 11.5. The Labute approximate surface area is 177 Å². The highest BCUT2D eigenvalue weighted by atomic mass is 16.4. The predicted molar refractivity (Wildman–Crippen MR) is 117 cm³/mol. The summed E-state index contributed by atoms with van der Waals surface area (Å²) in [7, 11) is 5.38. The molecular formula is C23H46NO5+. The van der Waals surface area contributed by atoms with E-state index in [1.54, 1.807) is 21.1 Å². The number of carboxylic acid groups (broad SMARTS) is 1. The molecule has 0 bridgehead atoms. The third-order valence-corrected chi connectivity index (χ3v) is 5.26. The van der Waals surface area contributed by atoms with Gasteiger partial charge in [0.05, 0.1) is 33.7 Å². The van der Waals surface area contributed by atoms with Gasteiger partial charge in [0.2, 0.25) is 0 Å². The fourth-order valence-electron chi connectivity index (χ4n) is 3.83. The molecular weight excluding hydrogens is 370 g/mol. The molecule has 0 heterocycles. The van der Waals surface area contributed by atoms with E-state index in [1.807, 2.05) is 0 Å². The van der Waals surface area contributed by atoms with Crippen molar-refractivity contribution in [3.05, 3.63) is 0 Å². The lowest BCUT2D eigenvalue weighted by Gasteiger charge is -2.34. The number of carbonyl (C=O) groups is 2. The maximum Gasteiger partial charge on any atom is 0.306 e. The van der Waals surface area contributed by atoms with Crippen LogP contribution in [0.25, 0.3) is 0 Å². The molecule has 0 saturated carbocycles. The first-order chi connectivity index (χ1) is 13.5. The van der Waals surface area contributed by atoms with Crippen LogP contribution >= 0.6 is 0 Å². The van der Waals surface area contributed by atoms with Gasteiger partial charge in [0.25, 0.3) is 0 Å². The summed E-state index contributed by atoms with van der Waals surface area (Å²) in [5.41, 5.74) is -1.94. The number of nitrogens with zero attached hydrogens (tertiary/aromatic N) is 1. The number of rotatable bonds is 19. The maximum atomic E-state index is 12.5. The molecule has 172 valence electrons. The third-order valence-electron chi connectivity index (χ3n) is 5.26. The average molecular weight is 417 g/mol. The Hall–Kier alpha value is -0.980. The Morgan fingerprint density at radius 2 is 1.31 bits per heavy atom. The SMILES string of the molecule is CCCCCCCCCCCCCC(O)CC(=O)[C@@](O)(CC(=O)O)C[N+](C)(C)C. The zero-order valence-corrected chi connectivity index (χ0v) is 19.3. The van der Waals surface area contributed by atoms with E-state index in [1.165, 1.54) is 51.4 Å². The van der Waals surface area contributed by atoms with Gasteiger partial charge in [-0.05, 0) is 6.42 Å². The number of aliphatic hydroxyl groups excluding tert-OH is 1. The van der Waals surface area contributed by atoms with Gasteiger partial charge in [-0.25, -0.2) is 0 Å². The minimum absolute atomic E-state index is 0.00327. The Morgan fingerprint density at radius 3 is 1.72 bits per heavy atom. The number of aliphatic hydroxyl groups is 2. The van der Waals surface area contributed by atoms with Gasteiger partial charge in [0.15, 0.2) is 11.4 Å². The second kappa shape index (κ2) is 14.9. The smallest absolute Gasteiger partial charge is 0.306 e. The van der Waals surface area contributed by atoms with Gasteiger partial charge < -0.3 is 19.8 Å². The number of unbranched alkanes of at least 4 members (excludes halogenated alkanes) is 10. The zero-order valence-electron chi connectivity index (χ0n) is 19.3. The number of carboxylic acids is 1. The normalized spacial score (nSPS) is 15.1. The van der Waals surface area contributed by atoms with Gasteiger partial charge in [0.1, 0.15) is 6.54 Å². The van der Waals surface area contributed by atoms with Crippen molar-refractivity contribution >= 4 is 11.8 Å². The molecule has 6 heteroatoms. The predicted octanol–water partition coefficient (Wildman–Crippen LogP) is 3.92. The van der Waals surface area contributed by atoms with Crippen LogP contribution in [0.3, 0.4) is 0 Å². The highest BCUT2D eigenvalue weighted by Gasteiger charge is 2.43. The third kappa shape index (κ3) is 15.5. The number of hydrogen-bond acceptors (Lipinski definition) is 4. The summed E-state index contributed by atoms with van der Waals surface area (Å²) in [6, 6.07) is 0. The standard InChI is InChI=1S/C23H45NO5/c1-5-6-7-8-9-10-11-12-13-14-15-16-20(25)17-21(26)23(29,18-22(27)28)19-24(2,3)4/h20,25,29H,5-19H2,1-4H3/p+1/t20?,23-/m1/s1. The molecule has 0 aromatic rings. The van der Waals surface area contributed by atoms with Crippen LogP contribution in [0.5, 0.6) is 0 Å². The molecule has 0 saturated heterocycles. The molecule has 1 unspecified atom stereocenters. The van der Waals surface area contributed by atoms with Crippen LogP contribution < -0.4 is 0 Å². The number of Topliss-reactive ketones (excluding diaryl/α,β-unsaturated/α-hetero) is 1. The average Bonchev–Trinajstić information content (AvgIpc) is 2.57. The Balaban J connectivity index is 4.05. The monoisotopic (exact) mass is 416 g/mol. The first-order valence-corrected chi connectivity index (χ1v) is 11.5. The molecule has 0 aliphatic heterocycles. The molecule has 3 N–H and O–H groups in total. The minimum Gasteiger partial charge on any atom is -0.481 e. The molecule has 0 fully saturated rings. The maximum absolute atomic E-state index is 12.5. The van der Waals surface area contributed by atoms with Crippen molar-refractivity contribution in [1.29, 1.82) is 0 Å². The summed E-state index contributed by atoms with van der Waals surface area (Å²) >= 11 is 0. The van der Waals surface area contributed by atoms with Gasteiger partial charge in [-0.1, -0.05) is 77.6 Å². The zero-order chi connectivity index (χ0) is 22.3. The van der Waals surface area contributed by atoms with Crippen LogP contribution in [0.1, 0.15) is 96.8 Å². The van der Waals surface area contributed by atoms with Crippen molar-refractivity contribution in [2.24, 2.45) is 0 Å². The molecule has 29 heavy (non-hydrogen) atoms. The number of likely N-dealkylation sites (N-methyl/N-ethyl adjacent to an activating group) is 1. The largest absolute Gasteiger partial charge is 0.481 e. The van der Waals surface area contributed by atoms with Gasteiger partial charge >= 0.3 is 5.97 Å². The van der Waals surface area contributed by atoms with Gasteiger partial charge in [0, 0.05) is 6.42 Å². The van der Waals surface area contributed by atoms with E-state index in [2.05, 4.69) is 6.92 Å². The van der Waals surface area contributed by atoms with Gasteiger partial charge in [-0.2, -0.15) is 0 Å². The second-order valence-corrected chi connectivity index (χ2v) is 9.66. The van der Waals surface area contributed by atoms with E-state index in [-0.39, 0.29) is 17.4 Å². The molecule has 0 aliphatic carbocycles. The van der Waals surface area contributed by atoms with E-state index >= 15 is 0 Å². The number of carbonyl (C=O) groups excluding carboxylic acids is 1. The lowest BCUT2D eigenvalue weighted by atomic mass is 9.88. The molecule has 0 radical (unpaired) electrons. The molecule has 0 aromatic heterocycles. The fraction of sp³-hybridized carbons (Fsp3) is 0.913. The highest BCUT2D eigenvalue weighted by molar-refractivity contribution is 5.91. The number of quaternary nitrogens is 1. The van der Waals surface area contributed by atoms with Crippen molar-refractivity contribution in [3.63, 3.8) is 0 Å². The van der Waals surface area contributed by atoms with Crippen LogP contribution in [-0.4, -0.2) is 70.9 Å². The van der Waals surface area contributed by atoms with Crippen molar-refractivity contribution in [2.45, 2.75) is 109 Å². The van der Waals surface area contributed by atoms with E-state index in [9.17, 15) is 19.8 Å². The highest BCUT2D eigenvalue weighted by Crippen LogP contribution is 2.20. The van der Waals surface area contributed by atoms with E-state index in [4.69, 9.17) is 5.11 Å². The van der Waals surface area contributed by atoms with Crippen molar-refractivity contribution in [3.8, 4) is 0 Å². The topological polar surface area (TPSA) is 94.8 Å². The summed E-state index contributed by atoms with van der Waals surface area (Å²) in [6.07, 6.45) is 12.3. The summed E-state index contributed by atoms with van der Waals surface area (Å²) in [4.78, 5) is 23.6. The minimum atomic E-state index is -1.94. The summed E-state index contributed by atoms with van der Waals surface area (Å²) in [5, 5.41) is 29.9. The first kappa shape index (κ1) is 28.0. The molecule has 0 spiro atoms. The molecule has 0 rings (SSSR count). The van der Waals surface area contributed by atoms with Crippen molar-refractivity contribution < 1.29 is 29.4 Å². The van der Waals surface area contributed by atoms with Crippen LogP contribution in [-0.2, 0) is 9.59 Å². The van der Waals surface area contributed by atoms with Crippen LogP contribution in [0.15, 0.2) is 0 Å². The number of ketones is 1. The molecule has 6 nitrogen and oxygen atoms in total. The van der Waals surface area contributed by atoms with E-state index in [0.717, 1.165) is 19.3 Å². The second-order valence-electron chi connectivity index (χ2n) is 9.66. The fourth-order valence-corrected chi connectivity index (χ4v) is 3.83. The molecule has 0 aromatic carbocycles. The van der Waals surface area contributed by atoms with Gasteiger partial charge in [-0.3, -0.25) is 9.59 Å². The van der Waals surface area contributed by atoms with Crippen molar-refractivity contribution in [1.82, 2.24) is 0 Å². The van der Waals surface area contributed by atoms with Crippen molar-refractivity contribution in [2.75, 3.05) is 27.7 Å².